The molecule has 0 aliphatic carbocycles. The van der Waals surface area contributed by atoms with Crippen LogP contribution in [-0.4, -0.2) is 6.54 Å². The van der Waals surface area contributed by atoms with Crippen LogP contribution in [0.4, 0.5) is 4.39 Å². The average molecular weight is 181 g/mol. The highest BCUT2D eigenvalue weighted by molar-refractivity contribution is 5.21. The second-order valence-corrected chi connectivity index (χ2v) is 3.20. The van der Waals surface area contributed by atoms with Crippen molar-refractivity contribution in [1.82, 2.24) is 0 Å². The molecule has 0 aromatic heterocycles. The molecule has 1 unspecified atom stereocenters. The summed E-state index contributed by atoms with van der Waals surface area (Å²) in [6, 6.07) is 6.94. The van der Waals surface area contributed by atoms with Gasteiger partial charge >= 0.3 is 0 Å². The molecule has 2 heteroatoms. The lowest BCUT2D eigenvalue weighted by molar-refractivity contribution is 0.548. The number of halogens is 1. The van der Waals surface area contributed by atoms with Gasteiger partial charge in [0.25, 0.3) is 0 Å². The average Bonchev–Trinajstić information content (AvgIpc) is 2.16. The van der Waals surface area contributed by atoms with E-state index in [-0.39, 0.29) is 11.7 Å². The van der Waals surface area contributed by atoms with Crippen LogP contribution in [-0.2, 0) is 0 Å². The SMILES string of the molecule is CCC(CCN)c1ccccc1F. The molecule has 0 heterocycles. The molecule has 1 aromatic carbocycles. The quantitative estimate of drug-likeness (QED) is 0.759. The van der Waals surface area contributed by atoms with Gasteiger partial charge in [0, 0.05) is 0 Å². The lowest BCUT2D eigenvalue weighted by Crippen LogP contribution is -2.08. The van der Waals surface area contributed by atoms with Gasteiger partial charge in [-0.25, -0.2) is 4.39 Å². The van der Waals surface area contributed by atoms with E-state index in [9.17, 15) is 4.39 Å². The number of nitrogens with two attached hydrogens (primary N) is 1. The lowest BCUT2D eigenvalue weighted by Gasteiger charge is -2.14. The van der Waals surface area contributed by atoms with E-state index in [0.29, 0.717) is 6.54 Å². The first-order chi connectivity index (χ1) is 6.29. The van der Waals surface area contributed by atoms with E-state index in [4.69, 9.17) is 5.73 Å². The summed E-state index contributed by atoms with van der Waals surface area (Å²) in [5, 5.41) is 0. The van der Waals surface area contributed by atoms with Gasteiger partial charge in [0.2, 0.25) is 0 Å². The molecule has 0 fully saturated rings. The first kappa shape index (κ1) is 10.2. The summed E-state index contributed by atoms with van der Waals surface area (Å²) in [5.74, 6) is 0.161. The summed E-state index contributed by atoms with van der Waals surface area (Å²) in [4.78, 5) is 0. The Bertz CT molecular complexity index is 260. The Morgan fingerprint density at radius 2 is 2.08 bits per heavy atom. The fourth-order valence-electron chi connectivity index (χ4n) is 1.59. The van der Waals surface area contributed by atoms with E-state index in [2.05, 4.69) is 6.92 Å². The van der Waals surface area contributed by atoms with E-state index < -0.39 is 0 Å². The summed E-state index contributed by atoms with van der Waals surface area (Å²) in [6.45, 7) is 2.68. The third kappa shape index (κ3) is 2.52. The zero-order chi connectivity index (χ0) is 9.68. The summed E-state index contributed by atoms with van der Waals surface area (Å²) in [5.41, 5.74) is 6.27. The number of hydrogen-bond donors (Lipinski definition) is 1. The van der Waals surface area contributed by atoms with Crippen molar-refractivity contribution in [1.29, 1.82) is 0 Å². The van der Waals surface area contributed by atoms with Crippen LogP contribution in [0, 0.1) is 5.82 Å². The predicted octanol–water partition coefficient (Wildman–Crippen LogP) is 2.67. The molecule has 0 spiro atoms. The van der Waals surface area contributed by atoms with E-state index in [0.717, 1.165) is 18.4 Å². The predicted molar refractivity (Wildman–Crippen MR) is 53.1 cm³/mol. The maximum absolute atomic E-state index is 13.3. The Morgan fingerprint density at radius 1 is 1.38 bits per heavy atom. The molecule has 13 heavy (non-hydrogen) atoms. The maximum atomic E-state index is 13.3. The normalized spacial score (nSPS) is 12.8. The van der Waals surface area contributed by atoms with Gasteiger partial charge in [0.15, 0.2) is 0 Å². The molecule has 1 nitrogen and oxygen atoms in total. The Kier molecular flexibility index (Phi) is 3.90. The molecular weight excluding hydrogens is 165 g/mol. The van der Waals surface area contributed by atoms with Crippen LogP contribution in [0.2, 0.25) is 0 Å². The fourth-order valence-corrected chi connectivity index (χ4v) is 1.59. The topological polar surface area (TPSA) is 26.0 Å². The molecule has 0 radical (unpaired) electrons. The second kappa shape index (κ2) is 4.97. The van der Waals surface area contributed by atoms with Crippen LogP contribution in [0.1, 0.15) is 31.2 Å². The van der Waals surface area contributed by atoms with Crippen LogP contribution in [0.5, 0.6) is 0 Å². The van der Waals surface area contributed by atoms with Crippen molar-refractivity contribution in [3.05, 3.63) is 35.6 Å². The van der Waals surface area contributed by atoms with Crippen LogP contribution >= 0.6 is 0 Å². The summed E-state index contributed by atoms with van der Waals surface area (Å²) in [7, 11) is 0. The zero-order valence-electron chi connectivity index (χ0n) is 7.96. The van der Waals surface area contributed by atoms with Crippen molar-refractivity contribution >= 4 is 0 Å². The van der Waals surface area contributed by atoms with Crippen molar-refractivity contribution in [2.45, 2.75) is 25.7 Å². The van der Waals surface area contributed by atoms with Gasteiger partial charge in [-0.05, 0) is 36.9 Å². The third-order valence-corrected chi connectivity index (χ3v) is 2.35. The molecule has 1 rings (SSSR count). The number of benzene rings is 1. The molecule has 0 bridgehead atoms. The molecule has 0 saturated carbocycles. The minimum absolute atomic E-state index is 0.109. The highest BCUT2D eigenvalue weighted by Crippen LogP contribution is 2.24. The van der Waals surface area contributed by atoms with Gasteiger partial charge in [0.1, 0.15) is 5.82 Å². The largest absolute Gasteiger partial charge is 0.330 e. The van der Waals surface area contributed by atoms with Crippen LogP contribution in [0.3, 0.4) is 0 Å². The summed E-state index contributed by atoms with van der Waals surface area (Å²) in [6.07, 6.45) is 1.80. The highest BCUT2D eigenvalue weighted by Gasteiger charge is 2.11. The van der Waals surface area contributed by atoms with E-state index in [1.54, 1.807) is 6.07 Å². The maximum Gasteiger partial charge on any atom is 0.126 e. The number of hydrogen-bond acceptors (Lipinski definition) is 1. The molecular formula is C11H16FN. The van der Waals surface area contributed by atoms with Gasteiger partial charge in [-0.3, -0.25) is 0 Å². The zero-order valence-corrected chi connectivity index (χ0v) is 7.96. The molecule has 1 atom stereocenters. The third-order valence-electron chi connectivity index (χ3n) is 2.35. The Labute approximate surface area is 78.8 Å². The number of rotatable bonds is 4. The summed E-state index contributed by atoms with van der Waals surface area (Å²) >= 11 is 0. The van der Waals surface area contributed by atoms with E-state index >= 15 is 0 Å². The van der Waals surface area contributed by atoms with Crippen LogP contribution in [0.15, 0.2) is 24.3 Å². The Morgan fingerprint density at radius 3 is 2.62 bits per heavy atom. The van der Waals surface area contributed by atoms with Gasteiger partial charge < -0.3 is 5.73 Å². The standard InChI is InChI=1S/C11H16FN/c1-2-9(7-8-13)10-5-3-4-6-11(10)12/h3-6,9H,2,7-8,13H2,1H3. The van der Waals surface area contributed by atoms with Gasteiger partial charge in [-0.15, -0.1) is 0 Å². The van der Waals surface area contributed by atoms with Crippen molar-refractivity contribution in [3.63, 3.8) is 0 Å². The van der Waals surface area contributed by atoms with Gasteiger partial charge in [-0.2, -0.15) is 0 Å². The highest BCUT2D eigenvalue weighted by atomic mass is 19.1. The second-order valence-electron chi connectivity index (χ2n) is 3.20. The molecule has 72 valence electrons. The minimum atomic E-state index is -0.109. The molecule has 2 N–H and O–H groups in total. The monoisotopic (exact) mass is 181 g/mol. The molecule has 0 saturated heterocycles. The molecule has 1 aromatic rings. The van der Waals surface area contributed by atoms with Crippen LogP contribution in [0.25, 0.3) is 0 Å². The Hall–Kier alpha value is -0.890. The first-order valence-electron chi connectivity index (χ1n) is 4.74. The molecule has 0 aliphatic heterocycles. The fraction of sp³-hybridized carbons (Fsp3) is 0.455. The smallest absolute Gasteiger partial charge is 0.126 e. The van der Waals surface area contributed by atoms with Crippen molar-refractivity contribution in [2.75, 3.05) is 6.54 Å². The van der Waals surface area contributed by atoms with Gasteiger partial charge in [-0.1, -0.05) is 25.1 Å². The lowest BCUT2D eigenvalue weighted by atomic mass is 9.93. The van der Waals surface area contributed by atoms with E-state index in [1.165, 1.54) is 6.07 Å². The van der Waals surface area contributed by atoms with Crippen molar-refractivity contribution < 1.29 is 4.39 Å². The molecule has 0 aliphatic rings. The molecule has 0 amide bonds. The van der Waals surface area contributed by atoms with E-state index in [1.807, 2.05) is 12.1 Å². The van der Waals surface area contributed by atoms with Gasteiger partial charge in [0.05, 0.1) is 0 Å². The summed E-state index contributed by atoms with van der Waals surface area (Å²) < 4.78 is 13.3. The van der Waals surface area contributed by atoms with Crippen molar-refractivity contribution in [3.8, 4) is 0 Å². The minimum Gasteiger partial charge on any atom is -0.330 e. The Balaban J connectivity index is 2.84. The van der Waals surface area contributed by atoms with Crippen molar-refractivity contribution in [2.24, 2.45) is 5.73 Å². The first-order valence-corrected chi connectivity index (χ1v) is 4.74. The van der Waals surface area contributed by atoms with Crippen LogP contribution < -0.4 is 5.73 Å².